The lowest BCUT2D eigenvalue weighted by Crippen LogP contribution is -2.03. The van der Waals surface area contributed by atoms with Crippen LogP contribution in [0.15, 0.2) is 6.20 Å². The first-order valence-corrected chi connectivity index (χ1v) is 5.65. The van der Waals surface area contributed by atoms with E-state index in [4.69, 9.17) is 0 Å². The van der Waals surface area contributed by atoms with E-state index >= 15 is 0 Å². The zero-order chi connectivity index (χ0) is 12.7. The van der Waals surface area contributed by atoms with Gasteiger partial charge in [-0.05, 0) is 34.1 Å². The molecule has 3 nitrogen and oxygen atoms in total. The number of nitrogens with zero attached hydrogens (tertiary/aromatic N) is 2. The predicted octanol–water partition coefficient (Wildman–Crippen LogP) is 3.02. The second kappa shape index (κ2) is 7.09. The zero-order valence-corrected chi connectivity index (χ0v) is 11.2. The van der Waals surface area contributed by atoms with E-state index in [9.17, 15) is 4.79 Å². The van der Waals surface area contributed by atoms with Gasteiger partial charge in [-0.15, -0.1) is 0 Å². The minimum absolute atomic E-state index is 0.264. The van der Waals surface area contributed by atoms with Gasteiger partial charge < -0.3 is 0 Å². The van der Waals surface area contributed by atoms with Crippen LogP contribution in [0.3, 0.4) is 0 Å². The molecule has 1 aromatic rings. The molecule has 0 amide bonds. The van der Waals surface area contributed by atoms with E-state index < -0.39 is 0 Å². The van der Waals surface area contributed by atoms with Gasteiger partial charge in [-0.2, -0.15) is 0 Å². The Balaban J connectivity index is 0.000000293. The minimum atomic E-state index is 0.264. The fraction of sp³-hybridized carbons (Fsp3) is 0.615. The SMILES string of the molecule is CCC(C)C(C)=O.Cc1cnc(C)c(C)n1. The standard InChI is InChI=1S/C7H10N2.C6H12O/c1-5-4-8-6(2)7(3)9-5;1-4-5(2)6(3)7/h4H,1-3H3;5H,4H2,1-3H3. The number of rotatable bonds is 2. The monoisotopic (exact) mass is 222 g/mol. The van der Waals surface area contributed by atoms with Crippen LogP contribution in [0, 0.1) is 26.7 Å². The number of aryl methyl sites for hydroxylation is 3. The van der Waals surface area contributed by atoms with Crippen LogP contribution in [-0.2, 0) is 4.79 Å². The van der Waals surface area contributed by atoms with Crippen molar-refractivity contribution in [3.63, 3.8) is 0 Å². The van der Waals surface area contributed by atoms with Gasteiger partial charge in [0.05, 0.1) is 17.1 Å². The van der Waals surface area contributed by atoms with Crippen molar-refractivity contribution in [2.24, 2.45) is 5.92 Å². The third kappa shape index (κ3) is 5.59. The molecule has 0 aliphatic heterocycles. The normalized spacial score (nSPS) is 11.4. The summed E-state index contributed by atoms with van der Waals surface area (Å²) in [5.74, 6) is 0.558. The molecular weight excluding hydrogens is 200 g/mol. The Bertz CT molecular complexity index is 348. The minimum Gasteiger partial charge on any atom is -0.300 e. The maximum Gasteiger partial charge on any atom is 0.132 e. The third-order valence-electron chi connectivity index (χ3n) is 2.62. The number of aromatic nitrogens is 2. The first kappa shape index (κ1) is 14.8. The van der Waals surface area contributed by atoms with Crippen molar-refractivity contribution in [1.82, 2.24) is 9.97 Å². The molecule has 1 heterocycles. The van der Waals surface area contributed by atoms with E-state index in [-0.39, 0.29) is 5.92 Å². The highest BCUT2D eigenvalue weighted by Crippen LogP contribution is 1.99. The third-order valence-corrected chi connectivity index (χ3v) is 2.62. The van der Waals surface area contributed by atoms with E-state index in [1.165, 1.54) is 0 Å². The van der Waals surface area contributed by atoms with Crippen LogP contribution >= 0.6 is 0 Å². The maximum atomic E-state index is 10.4. The Morgan fingerprint density at radius 3 is 2.12 bits per heavy atom. The van der Waals surface area contributed by atoms with Gasteiger partial charge in [0.15, 0.2) is 0 Å². The second-order valence-electron chi connectivity index (χ2n) is 4.10. The van der Waals surface area contributed by atoms with Gasteiger partial charge in [0.25, 0.3) is 0 Å². The van der Waals surface area contributed by atoms with Crippen molar-refractivity contribution in [1.29, 1.82) is 0 Å². The van der Waals surface area contributed by atoms with E-state index in [0.717, 1.165) is 23.5 Å². The topological polar surface area (TPSA) is 42.9 Å². The van der Waals surface area contributed by atoms with Gasteiger partial charge >= 0.3 is 0 Å². The molecule has 0 saturated carbocycles. The van der Waals surface area contributed by atoms with Crippen LogP contribution in [-0.4, -0.2) is 15.8 Å². The Morgan fingerprint density at radius 1 is 1.31 bits per heavy atom. The first-order valence-electron chi connectivity index (χ1n) is 5.65. The highest BCUT2D eigenvalue weighted by atomic mass is 16.1. The van der Waals surface area contributed by atoms with Crippen LogP contribution < -0.4 is 0 Å². The molecule has 16 heavy (non-hydrogen) atoms. The molecule has 0 saturated heterocycles. The van der Waals surface area contributed by atoms with E-state index in [2.05, 4.69) is 9.97 Å². The van der Waals surface area contributed by atoms with Crippen molar-refractivity contribution in [3.05, 3.63) is 23.3 Å². The second-order valence-corrected chi connectivity index (χ2v) is 4.10. The molecule has 90 valence electrons. The van der Waals surface area contributed by atoms with Gasteiger partial charge in [0.1, 0.15) is 5.78 Å². The van der Waals surface area contributed by atoms with Gasteiger partial charge in [0, 0.05) is 12.1 Å². The molecule has 0 bridgehead atoms. The van der Waals surface area contributed by atoms with Gasteiger partial charge in [-0.25, -0.2) is 0 Å². The Morgan fingerprint density at radius 2 is 1.88 bits per heavy atom. The number of hydrogen-bond donors (Lipinski definition) is 0. The summed E-state index contributed by atoms with van der Waals surface area (Å²) < 4.78 is 0. The first-order chi connectivity index (χ1) is 7.38. The largest absolute Gasteiger partial charge is 0.300 e. The van der Waals surface area contributed by atoms with Crippen molar-refractivity contribution in [3.8, 4) is 0 Å². The van der Waals surface area contributed by atoms with Gasteiger partial charge in [-0.3, -0.25) is 14.8 Å². The summed E-state index contributed by atoms with van der Waals surface area (Å²) in [5.41, 5.74) is 3.02. The van der Waals surface area contributed by atoms with Gasteiger partial charge in [0.2, 0.25) is 0 Å². The molecule has 1 aromatic heterocycles. The van der Waals surface area contributed by atoms with Crippen molar-refractivity contribution < 1.29 is 4.79 Å². The molecule has 3 heteroatoms. The summed E-state index contributed by atoms with van der Waals surface area (Å²) in [5, 5.41) is 0. The maximum absolute atomic E-state index is 10.4. The number of carbonyl (C=O) groups is 1. The Labute approximate surface area is 98.3 Å². The summed E-state index contributed by atoms with van der Waals surface area (Å²) in [7, 11) is 0. The molecule has 0 radical (unpaired) electrons. The average molecular weight is 222 g/mol. The van der Waals surface area contributed by atoms with Crippen LogP contribution in [0.25, 0.3) is 0 Å². The highest BCUT2D eigenvalue weighted by Gasteiger charge is 2.01. The van der Waals surface area contributed by atoms with Crippen molar-refractivity contribution in [2.45, 2.75) is 48.0 Å². The molecule has 1 atom stereocenters. The quantitative estimate of drug-likeness (QED) is 0.772. The molecule has 0 spiro atoms. The molecule has 0 aliphatic carbocycles. The highest BCUT2D eigenvalue weighted by molar-refractivity contribution is 5.77. The summed E-state index contributed by atoms with van der Waals surface area (Å²) in [6.07, 6.45) is 2.75. The molecule has 0 N–H and O–H groups in total. The number of ketones is 1. The zero-order valence-electron chi connectivity index (χ0n) is 11.2. The van der Waals surface area contributed by atoms with Crippen LogP contribution in [0.4, 0.5) is 0 Å². The fourth-order valence-corrected chi connectivity index (χ4v) is 0.945. The predicted molar refractivity (Wildman–Crippen MR) is 66.4 cm³/mol. The van der Waals surface area contributed by atoms with E-state index in [1.54, 1.807) is 13.1 Å². The smallest absolute Gasteiger partial charge is 0.132 e. The number of carbonyl (C=O) groups excluding carboxylic acids is 1. The van der Waals surface area contributed by atoms with E-state index in [0.29, 0.717) is 5.78 Å². The molecule has 0 aromatic carbocycles. The van der Waals surface area contributed by atoms with Crippen LogP contribution in [0.2, 0.25) is 0 Å². The molecule has 1 rings (SSSR count). The molecule has 0 fully saturated rings. The lowest BCUT2D eigenvalue weighted by Gasteiger charge is -1.98. The number of hydrogen-bond acceptors (Lipinski definition) is 3. The van der Waals surface area contributed by atoms with Crippen LogP contribution in [0.1, 0.15) is 44.3 Å². The summed E-state index contributed by atoms with van der Waals surface area (Å²) >= 11 is 0. The molecule has 1 unspecified atom stereocenters. The van der Waals surface area contributed by atoms with Gasteiger partial charge in [-0.1, -0.05) is 13.8 Å². The summed E-state index contributed by atoms with van der Waals surface area (Å²) in [6.45, 7) is 11.5. The molecular formula is C13H22N2O. The Hall–Kier alpha value is -1.25. The summed E-state index contributed by atoms with van der Waals surface area (Å²) in [4.78, 5) is 18.7. The number of Topliss-reactive ketones (excluding diaryl/α,β-unsaturated/α-hetero) is 1. The average Bonchev–Trinajstić information content (AvgIpc) is 2.23. The van der Waals surface area contributed by atoms with Crippen molar-refractivity contribution in [2.75, 3.05) is 0 Å². The fourth-order valence-electron chi connectivity index (χ4n) is 0.945. The van der Waals surface area contributed by atoms with Crippen molar-refractivity contribution >= 4 is 5.78 Å². The Kier molecular flexibility index (Phi) is 6.54. The lowest BCUT2D eigenvalue weighted by atomic mass is 10.1. The lowest BCUT2D eigenvalue weighted by molar-refractivity contribution is -0.120. The summed E-state index contributed by atoms with van der Waals surface area (Å²) in [6, 6.07) is 0. The molecule has 0 aliphatic rings. The van der Waals surface area contributed by atoms with E-state index in [1.807, 2.05) is 34.6 Å². The van der Waals surface area contributed by atoms with Crippen LogP contribution in [0.5, 0.6) is 0 Å².